The molecule has 0 atom stereocenters. The standard InChI is InChI=1S/C25H30ClN3O/c1-5-8-24(20-9-13-22(26)14-10-20)28-19(4)27-23-15-11-21(12-16-23)25(30)29(17-6-2)18-7-3/h5,8-16H,1,6-7,17-18H2,2-4H3,(H,27,28)/b24-8-. The van der Waals surface area contributed by atoms with Gasteiger partial charge in [-0.1, -0.05) is 50.2 Å². The first kappa shape index (κ1) is 23.4. The van der Waals surface area contributed by atoms with Gasteiger partial charge in [-0.3, -0.25) is 4.79 Å². The molecule has 2 aromatic rings. The van der Waals surface area contributed by atoms with Gasteiger partial charge in [0.15, 0.2) is 0 Å². The molecule has 2 rings (SSSR count). The van der Waals surface area contributed by atoms with Crippen LogP contribution in [0.1, 0.15) is 49.5 Å². The number of amides is 1. The summed E-state index contributed by atoms with van der Waals surface area (Å²) in [4.78, 5) is 19.3. The van der Waals surface area contributed by atoms with E-state index in [-0.39, 0.29) is 5.91 Å². The number of halogens is 1. The molecule has 0 aromatic heterocycles. The maximum Gasteiger partial charge on any atom is 0.253 e. The molecular weight excluding hydrogens is 394 g/mol. The van der Waals surface area contributed by atoms with Gasteiger partial charge in [-0.15, -0.1) is 0 Å². The Labute approximate surface area is 185 Å². The van der Waals surface area contributed by atoms with E-state index in [2.05, 4.69) is 30.7 Å². The second-order valence-corrected chi connectivity index (χ2v) is 7.42. The number of rotatable bonds is 9. The summed E-state index contributed by atoms with van der Waals surface area (Å²) in [5.41, 5.74) is 3.31. The minimum atomic E-state index is 0.0783. The third-order valence-electron chi connectivity index (χ3n) is 4.44. The third-order valence-corrected chi connectivity index (χ3v) is 4.69. The summed E-state index contributed by atoms with van der Waals surface area (Å²) < 4.78 is 0. The van der Waals surface area contributed by atoms with Crippen LogP contribution in [0.4, 0.5) is 5.69 Å². The maximum atomic E-state index is 12.7. The molecule has 158 valence electrons. The molecule has 0 unspecified atom stereocenters. The molecule has 5 heteroatoms. The summed E-state index contributed by atoms with van der Waals surface area (Å²) >= 11 is 5.98. The lowest BCUT2D eigenvalue weighted by atomic mass is 10.1. The minimum Gasteiger partial charge on any atom is -0.344 e. The van der Waals surface area contributed by atoms with Gasteiger partial charge in [0.2, 0.25) is 0 Å². The first-order valence-corrected chi connectivity index (χ1v) is 10.7. The Kier molecular flexibility index (Phi) is 9.36. The molecule has 0 aliphatic carbocycles. The van der Waals surface area contributed by atoms with Crippen molar-refractivity contribution in [1.82, 2.24) is 4.90 Å². The summed E-state index contributed by atoms with van der Waals surface area (Å²) in [5.74, 6) is 0.810. The molecule has 4 nitrogen and oxygen atoms in total. The predicted molar refractivity (Wildman–Crippen MR) is 129 cm³/mol. The number of amidine groups is 1. The number of carbonyl (C=O) groups excluding carboxylic acids is 1. The molecule has 0 fully saturated rings. The van der Waals surface area contributed by atoms with E-state index in [0.29, 0.717) is 10.6 Å². The van der Waals surface area contributed by atoms with Gasteiger partial charge in [-0.2, -0.15) is 0 Å². The van der Waals surface area contributed by atoms with Gasteiger partial charge in [0.1, 0.15) is 5.84 Å². The Morgan fingerprint density at radius 2 is 1.60 bits per heavy atom. The lowest BCUT2D eigenvalue weighted by Crippen LogP contribution is -2.32. The number of aliphatic imine (C=N–C) groups is 1. The van der Waals surface area contributed by atoms with Gasteiger partial charge in [-0.25, -0.2) is 4.99 Å². The predicted octanol–water partition coefficient (Wildman–Crippen LogP) is 6.66. The Morgan fingerprint density at radius 1 is 1.03 bits per heavy atom. The molecule has 0 radical (unpaired) electrons. The molecule has 0 aliphatic rings. The average Bonchev–Trinajstić information content (AvgIpc) is 2.74. The van der Waals surface area contributed by atoms with E-state index < -0.39 is 0 Å². The molecule has 0 bridgehead atoms. The first-order chi connectivity index (χ1) is 14.5. The number of carbonyl (C=O) groups is 1. The van der Waals surface area contributed by atoms with Crippen molar-refractivity contribution in [1.29, 1.82) is 0 Å². The van der Waals surface area contributed by atoms with Crippen molar-refractivity contribution < 1.29 is 4.79 Å². The van der Waals surface area contributed by atoms with E-state index >= 15 is 0 Å². The fraction of sp³-hybridized carbons (Fsp3) is 0.280. The van der Waals surface area contributed by atoms with Crippen molar-refractivity contribution >= 4 is 34.7 Å². The number of allylic oxidation sites excluding steroid dienone is 2. The maximum absolute atomic E-state index is 12.7. The van der Waals surface area contributed by atoms with E-state index in [0.717, 1.165) is 48.7 Å². The van der Waals surface area contributed by atoms with Crippen LogP contribution in [0, 0.1) is 0 Å². The SMILES string of the molecule is C=C/C=C(\N=C(C)Nc1ccc(C(=O)N(CCC)CCC)cc1)c1ccc(Cl)cc1. The topological polar surface area (TPSA) is 44.7 Å². The van der Waals surface area contributed by atoms with Crippen molar-refractivity contribution in [2.24, 2.45) is 4.99 Å². The van der Waals surface area contributed by atoms with Gasteiger partial charge < -0.3 is 10.2 Å². The van der Waals surface area contributed by atoms with Crippen LogP contribution in [0.2, 0.25) is 5.02 Å². The van der Waals surface area contributed by atoms with E-state index in [1.54, 1.807) is 6.08 Å². The zero-order chi connectivity index (χ0) is 21.9. The van der Waals surface area contributed by atoms with Crippen LogP contribution in [0.15, 0.2) is 72.3 Å². The highest BCUT2D eigenvalue weighted by molar-refractivity contribution is 6.30. The molecule has 0 heterocycles. The molecule has 0 saturated carbocycles. The number of hydrogen-bond donors (Lipinski definition) is 1. The Bertz CT molecular complexity index is 893. The molecular formula is C25H30ClN3O. The van der Waals surface area contributed by atoms with Crippen molar-refractivity contribution in [3.05, 3.63) is 83.4 Å². The highest BCUT2D eigenvalue weighted by atomic mass is 35.5. The van der Waals surface area contributed by atoms with Crippen LogP contribution < -0.4 is 5.32 Å². The van der Waals surface area contributed by atoms with Crippen LogP contribution in [0.25, 0.3) is 5.70 Å². The van der Waals surface area contributed by atoms with Gasteiger partial charge >= 0.3 is 0 Å². The lowest BCUT2D eigenvalue weighted by Gasteiger charge is -2.21. The van der Waals surface area contributed by atoms with E-state index in [4.69, 9.17) is 11.6 Å². The smallest absolute Gasteiger partial charge is 0.253 e. The van der Waals surface area contributed by atoms with Crippen molar-refractivity contribution in [2.45, 2.75) is 33.6 Å². The monoisotopic (exact) mass is 423 g/mol. The fourth-order valence-corrected chi connectivity index (χ4v) is 3.21. The van der Waals surface area contributed by atoms with Crippen molar-refractivity contribution in [3.8, 4) is 0 Å². The second kappa shape index (κ2) is 12.0. The van der Waals surface area contributed by atoms with Gasteiger partial charge in [-0.05, 0) is 62.2 Å². The molecule has 1 N–H and O–H groups in total. The van der Waals surface area contributed by atoms with Crippen LogP contribution in [-0.4, -0.2) is 29.7 Å². The van der Waals surface area contributed by atoms with Crippen molar-refractivity contribution in [3.63, 3.8) is 0 Å². The van der Waals surface area contributed by atoms with Gasteiger partial charge in [0.25, 0.3) is 5.91 Å². The summed E-state index contributed by atoms with van der Waals surface area (Å²) in [5, 5.41) is 3.96. The Hall–Kier alpha value is -2.85. The summed E-state index contributed by atoms with van der Waals surface area (Å²) in [6.07, 6.45) is 5.47. The summed E-state index contributed by atoms with van der Waals surface area (Å²) in [6.45, 7) is 11.4. The number of nitrogens with one attached hydrogen (secondary N) is 1. The van der Waals surface area contributed by atoms with Crippen molar-refractivity contribution in [2.75, 3.05) is 18.4 Å². The van der Waals surface area contributed by atoms with Crippen LogP contribution >= 0.6 is 11.6 Å². The normalized spacial score (nSPS) is 11.9. The first-order valence-electron chi connectivity index (χ1n) is 10.3. The molecule has 30 heavy (non-hydrogen) atoms. The number of benzene rings is 2. The van der Waals surface area contributed by atoms with Crippen LogP contribution in [-0.2, 0) is 0 Å². The third kappa shape index (κ3) is 6.89. The zero-order valence-corrected chi connectivity index (χ0v) is 18.7. The highest BCUT2D eigenvalue weighted by Gasteiger charge is 2.14. The zero-order valence-electron chi connectivity index (χ0n) is 18.0. The molecule has 2 aromatic carbocycles. The minimum absolute atomic E-state index is 0.0783. The molecule has 1 amide bonds. The number of anilines is 1. The summed E-state index contributed by atoms with van der Waals surface area (Å²) in [6, 6.07) is 15.0. The van der Waals surface area contributed by atoms with E-state index in [9.17, 15) is 4.79 Å². The number of hydrogen-bond acceptors (Lipinski definition) is 2. The Balaban J connectivity index is 2.13. The quantitative estimate of drug-likeness (QED) is 0.278. The lowest BCUT2D eigenvalue weighted by molar-refractivity contribution is 0.0755. The number of nitrogens with zero attached hydrogens (tertiary/aromatic N) is 2. The molecule has 0 aliphatic heterocycles. The van der Waals surface area contributed by atoms with Crippen LogP contribution in [0.5, 0.6) is 0 Å². The van der Waals surface area contributed by atoms with Gasteiger partial charge in [0.05, 0.1) is 5.70 Å². The molecule has 0 spiro atoms. The van der Waals surface area contributed by atoms with Gasteiger partial charge in [0, 0.05) is 34.9 Å². The molecule has 0 saturated heterocycles. The largest absolute Gasteiger partial charge is 0.344 e. The fourth-order valence-electron chi connectivity index (χ4n) is 3.08. The van der Waals surface area contributed by atoms with E-state index in [1.165, 1.54) is 0 Å². The highest BCUT2D eigenvalue weighted by Crippen LogP contribution is 2.20. The summed E-state index contributed by atoms with van der Waals surface area (Å²) in [7, 11) is 0. The van der Waals surface area contributed by atoms with E-state index in [1.807, 2.05) is 66.4 Å². The second-order valence-electron chi connectivity index (χ2n) is 6.99. The van der Waals surface area contributed by atoms with Crippen LogP contribution in [0.3, 0.4) is 0 Å². The Morgan fingerprint density at radius 3 is 2.13 bits per heavy atom. The average molecular weight is 424 g/mol.